The Labute approximate surface area is 162 Å². The third kappa shape index (κ3) is 3.90. The molecule has 2 aromatic carbocycles. The van der Waals surface area contributed by atoms with E-state index < -0.39 is 0 Å². The summed E-state index contributed by atoms with van der Waals surface area (Å²) in [6.07, 6.45) is 1.55. The fourth-order valence-corrected chi connectivity index (χ4v) is 3.74. The van der Waals surface area contributed by atoms with Gasteiger partial charge in [-0.1, -0.05) is 42.5 Å². The van der Waals surface area contributed by atoms with Crippen LogP contribution < -0.4 is 10.3 Å². The van der Waals surface area contributed by atoms with Gasteiger partial charge >= 0.3 is 0 Å². The molecule has 0 bridgehead atoms. The number of hydrazone groups is 1. The number of benzene rings is 2. The fourth-order valence-electron chi connectivity index (χ4n) is 3.08. The molecule has 27 heavy (non-hydrogen) atoms. The number of carbonyl (C=O) groups excluding carboxylic acids is 1. The minimum absolute atomic E-state index is 0.191. The molecule has 1 aliphatic heterocycles. The van der Waals surface area contributed by atoms with E-state index >= 15 is 0 Å². The second-order valence-electron chi connectivity index (χ2n) is 6.41. The second-order valence-corrected chi connectivity index (χ2v) is 7.27. The Morgan fingerprint density at radius 3 is 2.81 bits per heavy atom. The van der Waals surface area contributed by atoms with Crippen molar-refractivity contribution in [2.75, 3.05) is 16.9 Å². The number of hydrogen-bond donors (Lipinski definition) is 1. The molecule has 0 radical (unpaired) electrons. The summed E-state index contributed by atoms with van der Waals surface area (Å²) in [4.78, 5) is 18.4. The summed E-state index contributed by atoms with van der Waals surface area (Å²) in [6.45, 7) is 2.74. The summed E-state index contributed by atoms with van der Waals surface area (Å²) in [5, 5.41) is 7.23. The van der Waals surface area contributed by atoms with Crippen molar-refractivity contribution >= 4 is 33.8 Å². The average molecular weight is 376 g/mol. The standard InChI is InChI=1S/C21H20N4OS/c1-15(17-9-5-10-18(13-17)25-12-6-11-20(25)26)23-24-21-22-19(14-27-21)16-7-3-2-4-8-16/h2-5,7-10,13-14H,6,11-12H2,1H3,(H,22,24)/b23-15-. The lowest BCUT2D eigenvalue weighted by Crippen LogP contribution is -2.23. The van der Waals surface area contributed by atoms with Crippen molar-refractivity contribution in [2.24, 2.45) is 5.10 Å². The van der Waals surface area contributed by atoms with Crippen LogP contribution in [0.25, 0.3) is 11.3 Å². The zero-order valence-electron chi connectivity index (χ0n) is 15.1. The first kappa shape index (κ1) is 17.4. The van der Waals surface area contributed by atoms with E-state index in [1.165, 1.54) is 11.3 Å². The maximum absolute atomic E-state index is 12.0. The maximum atomic E-state index is 12.0. The second kappa shape index (κ2) is 7.72. The van der Waals surface area contributed by atoms with E-state index in [4.69, 9.17) is 0 Å². The Hall–Kier alpha value is -2.99. The van der Waals surface area contributed by atoms with Gasteiger partial charge in [-0.05, 0) is 31.0 Å². The first-order valence-electron chi connectivity index (χ1n) is 8.93. The highest BCUT2D eigenvalue weighted by molar-refractivity contribution is 7.14. The third-order valence-electron chi connectivity index (χ3n) is 4.54. The van der Waals surface area contributed by atoms with Gasteiger partial charge in [0.25, 0.3) is 0 Å². The number of hydrogen-bond acceptors (Lipinski definition) is 5. The number of anilines is 2. The molecule has 0 unspecified atom stereocenters. The Morgan fingerprint density at radius 2 is 2.04 bits per heavy atom. The number of aromatic nitrogens is 1. The molecule has 1 aliphatic rings. The highest BCUT2D eigenvalue weighted by atomic mass is 32.1. The lowest BCUT2D eigenvalue weighted by molar-refractivity contribution is -0.117. The van der Waals surface area contributed by atoms with Crippen LogP contribution in [-0.4, -0.2) is 23.1 Å². The molecule has 5 nitrogen and oxygen atoms in total. The lowest BCUT2D eigenvalue weighted by atomic mass is 10.1. The van der Waals surface area contributed by atoms with Crippen LogP contribution in [0.15, 0.2) is 65.1 Å². The molecule has 136 valence electrons. The van der Waals surface area contributed by atoms with E-state index in [0.29, 0.717) is 6.42 Å². The van der Waals surface area contributed by atoms with Crippen molar-refractivity contribution in [3.63, 3.8) is 0 Å². The SMILES string of the molecule is C/C(=N/Nc1nc(-c2ccccc2)cs1)c1cccc(N2CCCC2=O)c1. The maximum Gasteiger partial charge on any atom is 0.227 e. The van der Waals surface area contributed by atoms with Gasteiger partial charge in [0.15, 0.2) is 0 Å². The molecular formula is C21H20N4OS. The van der Waals surface area contributed by atoms with E-state index in [0.717, 1.165) is 46.3 Å². The monoisotopic (exact) mass is 376 g/mol. The summed E-state index contributed by atoms with van der Waals surface area (Å²) in [6, 6.07) is 18.0. The van der Waals surface area contributed by atoms with Gasteiger partial charge in [0.1, 0.15) is 0 Å². The van der Waals surface area contributed by atoms with Gasteiger partial charge < -0.3 is 4.90 Å². The fraction of sp³-hybridized carbons (Fsp3) is 0.190. The number of thiazole rings is 1. The van der Waals surface area contributed by atoms with Crippen LogP contribution >= 0.6 is 11.3 Å². The number of nitrogens with zero attached hydrogens (tertiary/aromatic N) is 3. The van der Waals surface area contributed by atoms with Gasteiger partial charge in [-0.3, -0.25) is 10.2 Å². The van der Waals surface area contributed by atoms with Crippen molar-refractivity contribution < 1.29 is 4.79 Å². The smallest absolute Gasteiger partial charge is 0.227 e. The van der Waals surface area contributed by atoms with Crippen LogP contribution in [0.2, 0.25) is 0 Å². The molecular weight excluding hydrogens is 356 g/mol. The summed E-state index contributed by atoms with van der Waals surface area (Å²) in [7, 11) is 0. The molecule has 1 aromatic heterocycles. The molecule has 1 fully saturated rings. The quantitative estimate of drug-likeness (QED) is 0.515. The van der Waals surface area contributed by atoms with Crippen molar-refractivity contribution in [1.29, 1.82) is 0 Å². The Kier molecular flexibility index (Phi) is 4.98. The topological polar surface area (TPSA) is 57.6 Å². The number of rotatable bonds is 5. The molecule has 0 saturated carbocycles. The van der Waals surface area contributed by atoms with Crippen molar-refractivity contribution in [3.05, 3.63) is 65.5 Å². The van der Waals surface area contributed by atoms with Gasteiger partial charge in [-0.15, -0.1) is 11.3 Å². The molecule has 0 aliphatic carbocycles. The highest BCUT2D eigenvalue weighted by Crippen LogP contribution is 2.25. The molecule has 0 spiro atoms. The molecule has 1 N–H and O–H groups in total. The van der Waals surface area contributed by atoms with Crippen LogP contribution in [-0.2, 0) is 4.79 Å². The number of amides is 1. The average Bonchev–Trinajstić information content (AvgIpc) is 3.36. The normalized spacial score (nSPS) is 14.6. The van der Waals surface area contributed by atoms with E-state index in [1.807, 2.05) is 71.8 Å². The Morgan fingerprint density at radius 1 is 1.19 bits per heavy atom. The molecule has 4 rings (SSSR count). The predicted molar refractivity (Wildman–Crippen MR) is 111 cm³/mol. The zero-order valence-corrected chi connectivity index (χ0v) is 15.9. The van der Waals surface area contributed by atoms with Crippen LogP contribution in [0, 0.1) is 0 Å². The van der Waals surface area contributed by atoms with E-state index in [1.54, 1.807) is 0 Å². The molecule has 1 amide bonds. The lowest BCUT2D eigenvalue weighted by Gasteiger charge is -2.16. The molecule has 3 aromatic rings. The third-order valence-corrected chi connectivity index (χ3v) is 5.29. The minimum Gasteiger partial charge on any atom is -0.312 e. The molecule has 2 heterocycles. The van der Waals surface area contributed by atoms with Gasteiger partial charge in [0, 0.05) is 29.6 Å². The first-order chi connectivity index (χ1) is 13.2. The van der Waals surface area contributed by atoms with Gasteiger partial charge in [-0.2, -0.15) is 5.10 Å². The number of nitrogens with one attached hydrogen (secondary N) is 1. The summed E-state index contributed by atoms with van der Waals surface area (Å²) < 4.78 is 0. The van der Waals surface area contributed by atoms with Gasteiger partial charge in [0.2, 0.25) is 11.0 Å². The van der Waals surface area contributed by atoms with Crippen LogP contribution in [0.1, 0.15) is 25.3 Å². The first-order valence-corrected chi connectivity index (χ1v) is 9.81. The van der Waals surface area contributed by atoms with E-state index in [9.17, 15) is 4.79 Å². The Bertz CT molecular complexity index is 981. The van der Waals surface area contributed by atoms with Crippen LogP contribution in [0.5, 0.6) is 0 Å². The molecule has 0 atom stereocenters. The summed E-state index contributed by atoms with van der Waals surface area (Å²) in [5.41, 5.74) is 7.84. The minimum atomic E-state index is 0.191. The largest absolute Gasteiger partial charge is 0.312 e. The van der Waals surface area contributed by atoms with E-state index in [2.05, 4.69) is 15.5 Å². The predicted octanol–water partition coefficient (Wildman–Crippen LogP) is 4.77. The summed E-state index contributed by atoms with van der Waals surface area (Å²) in [5.74, 6) is 0.191. The van der Waals surface area contributed by atoms with Crippen LogP contribution in [0.4, 0.5) is 10.8 Å². The van der Waals surface area contributed by atoms with Crippen LogP contribution in [0.3, 0.4) is 0 Å². The van der Waals surface area contributed by atoms with Gasteiger partial charge in [-0.25, -0.2) is 4.98 Å². The van der Waals surface area contributed by atoms with Gasteiger partial charge in [0.05, 0.1) is 11.4 Å². The summed E-state index contributed by atoms with van der Waals surface area (Å²) >= 11 is 1.52. The van der Waals surface area contributed by atoms with Crippen molar-refractivity contribution in [1.82, 2.24) is 4.98 Å². The molecule has 6 heteroatoms. The Balaban J connectivity index is 1.48. The van der Waals surface area contributed by atoms with Crippen molar-refractivity contribution in [3.8, 4) is 11.3 Å². The number of carbonyl (C=O) groups is 1. The molecule has 1 saturated heterocycles. The van der Waals surface area contributed by atoms with E-state index in [-0.39, 0.29) is 5.91 Å². The highest BCUT2D eigenvalue weighted by Gasteiger charge is 2.21. The van der Waals surface area contributed by atoms with Crippen molar-refractivity contribution in [2.45, 2.75) is 19.8 Å². The zero-order chi connectivity index (χ0) is 18.6.